The summed E-state index contributed by atoms with van der Waals surface area (Å²) in [5.74, 6) is 2.34. The molecule has 3 aliphatic carbocycles. The third-order valence-corrected chi connectivity index (χ3v) is 11.7. The molecule has 1 aliphatic heterocycles. The van der Waals surface area contributed by atoms with Crippen LogP contribution in [0.2, 0.25) is 0 Å². The van der Waals surface area contributed by atoms with E-state index in [9.17, 15) is 9.90 Å². The van der Waals surface area contributed by atoms with E-state index in [-0.39, 0.29) is 24.2 Å². The molecule has 5 atom stereocenters. The molecule has 0 spiro atoms. The second kappa shape index (κ2) is 14.1. The minimum Gasteiger partial charge on any atom is -0.497 e. The lowest BCUT2D eigenvalue weighted by Gasteiger charge is -2.47. The van der Waals surface area contributed by atoms with Crippen molar-refractivity contribution in [1.29, 1.82) is 0 Å². The summed E-state index contributed by atoms with van der Waals surface area (Å²) in [4.78, 5) is 23.8. The first-order chi connectivity index (χ1) is 23.7. The van der Waals surface area contributed by atoms with Crippen molar-refractivity contribution in [3.8, 4) is 11.5 Å². The number of ether oxygens (including phenoxy) is 4. The van der Waals surface area contributed by atoms with Gasteiger partial charge in [0.15, 0.2) is 5.79 Å². The minimum atomic E-state index is -0.652. The number of fused-ring (bicyclic) bond motifs is 2. The van der Waals surface area contributed by atoms with Crippen molar-refractivity contribution in [2.75, 3.05) is 32.6 Å². The zero-order valence-electron chi connectivity index (χ0n) is 29.6. The topological polar surface area (TPSA) is 120 Å². The van der Waals surface area contributed by atoms with Crippen molar-refractivity contribution in [1.82, 2.24) is 19.4 Å². The summed E-state index contributed by atoms with van der Waals surface area (Å²) in [6.07, 6.45) is 12.3. The first kappa shape index (κ1) is 34.1. The predicted octanol–water partition coefficient (Wildman–Crippen LogP) is 6.52. The summed E-state index contributed by atoms with van der Waals surface area (Å²) in [5, 5.41) is 14.1. The van der Waals surface area contributed by atoms with Crippen molar-refractivity contribution in [3.63, 3.8) is 0 Å². The summed E-state index contributed by atoms with van der Waals surface area (Å²) in [6.45, 7) is 8.70. The second-order valence-electron chi connectivity index (χ2n) is 15.3. The van der Waals surface area contributed by atoms with Gasteiger partial charge in [-0.05, 0) is 88.8 Å². The van der Waals surface area contributed by atoms with Crippen LogP contribution in [-0.2, 0) is 20.8 Å². The Kier molecular flexibility index (Phi) is 9.78. The first-order valence-corrected chi connectivity index (χ1v) is 18.2. The monoisotopic (exact) mass is 675 g/mol. The molecule has 7 rings (SSSR count). The van der Waals surface area contributed by atoms with Gasteiger partial charge in [-0.25, -0.2) is 9.97 Å². The molecule has 3 heterocycles. The lowest BCUT2D eigenvalue weighted by atomic mass is 9.73. The molecule has 11 heteroatoms. The zero-order chi connectivity index (χ0) is 34.3. The summed E-state index contributed by atoms with van der Waals surface area (Å²) in [7, 11) is 3.31. The SMILES string of the molecule is CCC(CC1CC(N(CC2CCC2)C[C@H]2C[C@@H](n3ccc4c(NCc5ccc(OC)cc5OC)ncnc43)[C@@H]3OC(C)(C)O[C@H]23)C1)C(=O)O. The van der Waals surface area contributed by atoms with Crippen LogP contribution in [0.4, 0.5) is 5.82 Å². The minimum absolute atomic E-state index is 0.00401. The van der Waals surface area contributed by atoms with Gasteiger partial charge >= 0.3 is 5.97 Å². The van der Waals surface area contributed by atoms with E-state index >= 15 is 0 Å². The molecule has 49 heavy (non-hydrogen) atoms. The van der Waals surface area contributed by atoms with Crippen LogP contribution in [0.3, 0.4) is 0 Å². The molecule has 3 saturated carbocycles. The smallest absolute Gasteiger partial charge is 0.306 e. The number of hydrogen-bond acceptors (Lipinski definition) is 9. The molecule has 0 amide bonds. The van der Waals surface area contributed by atoms with Gasteiger partial charge in [0.05, 0.1) is 37.7 Å². The fraction of sp³-hybridized carbons (Fsp3) is 0.658. The van der Waals surface area contributed by atoms with Gasteiger partial charge in [0, 0.05) is 49.4 Å². The van der Waals surface area contributed by atoms with E-state index in [0.29, 0.717) is 30.8 Å². The number of carboxylic acids is 1. The molecular formula is C38H53N5O6. The van der Waals surface area contributed by atoms with Gasteiger partial charge in [0.1, 0.15) is 35.4 Å². The number of anilines is 1. The number of methoxy groups -OCH3 is 2. The Bertz CT molecular complexity index is 1620. The largest absolute Gasteiger partial charge is 0.497 e. The molecule has 1 aromatic carbocycles. The summed E-state index contributed by atoms with van der Waals surface area (Å²) in [5.41, 5.74) is 1.89. The van der Waals surface area contributed by atoms with Crippen LogP contribution in [-0.4, -0.2) is 81.9 Å². The molecule has 0 radical (unpaired) electrons. The van der Waals surface area contributed by atoms with Crippen LogP contribution in [0.15, 0.2) is 36.8 Å². The van der Waals surface area contributed by atoms with Crippen molar-refractivity contribution < 1.29 is 28.8 Å². The molecule has 4 aliphatic rings. The third-order valence-electron chi connectivity index (χ3n) is 11.7. The van der Waals surface area contributed by atoms with Crippen molar-refractivity contribution in [2.45, 2.75) is 109 Å². The predicted molar refractivity (Wildman–Crippen MR) is 187 cm³/mol. The van der Waals surface area contributed by atoms with E-state index in [0.717, 1.165) is 78.6 Å². The average molecular weight is 676 g/mol. The molecule has 1 saturated heterocycles. The number of benzene rings is 1. The van der Waals surface area contributed by atoms with E-state index in [2.05, 4.69) is 32.0 Å². The normalized spacial score (nSPS) is 28.2. The maximum absolute atomic E-state index is 11.7. The average Bonchev–Trinajstić information content (AvgIpc) is 3.71. The van der Waals surface area contributed by atoms with Crippen molar-refractivity contribution in [3.05, 3.63) is 42.4 Å². The molecule has 1 unspecified atom stereocenters. The highest BCUT2D eigenvalue weighted by atomic mass is 16.8. The molecule has 11 nitrogen and oxygen atoms in total. The number of aliphatic carboxylic acids is 1. The van der Waals surface area contributed by atoms with E-state index < -0.39 is 11.8 Å². The number of rotatable bonds is 15. The Morgan fingerprint density at radius 1 is 1.08 bits per heavy atom. The molecular weight excluding hydrogens is 622 g/mol. The number of nitrogens with zero attached hydrogens (tertiary/aromatic N) is 4. The van der Waals surface area contributed by atoms with Crippen LogP contribution in [0.1, 0.15) is 83.7 Å². The summed E-state index contributed by atoms with van der Waals surface area (Å²) < 4.78 is 26.6. The Labute approximate surface area is 289 Å². The van der Waals surface area contributed by atoms with E-state index in [1.54, 1.807) is 20.5 Å². The summed E-state index contributed by atoms with van der Waals surface area (Å²) in [6, 6.07) is 8.52. The lowest BCUT2D eigenvalue weighted by molar-refractivity contribution is -0.161. The van der Waals surface area contributed by atoms with E-state index in [4.69, 9.17) is 23.9 Å². The Morgan fingerprint density at radius 3 is 2.57 bits per heavy atom. The van der Waals surface area contributed by atoms with Crippen LogP contribution >= 0.6 is 0 Å². The highest BCUT2D eigenvalue weighted by Gasteiger charge is 2.55. The molecule has 2 aromatic heterocycles. The number of carboxylic acid groups (broad SMARTS) is 1. The van der Waals surface area contributed by atoms with Crippen LogP contribution in [0, 0.1) is 23.7 Å². The first-order valence-electron chi connectivity index (χ1n) is 18.2. The van der Waals surface area contributed by atoms with Gasteiger partial charge < -0.3 is 33.9 Å². The molecule has 0 bridgehead atoms. The van der Waals surface area contributed by atoms with Gasteiger partial charge in [-0.3, -0.25) is 9.69 Å². The fourth-order valence-corrected chi connectivity index (χ4v) is 8.78. The Hall–Kier alpha value is -3.41. The molecule has 266 valence electrons. The van der Waals surface area contributed by atoms with Gasteiger partial charge in [0.25, 0.3) is 0 Å². The number of carbonyl (C=O) groups is 1. The zero-order valence-corrected chi connectivity index (χ0v) is 29.6. The summed E-state index contributed by atoms with van der Waals surface area (Å²) >= 11 is 0. The maximum atomic E-state index is 11.7. The van der Waals surface area contributed by atoms with Gasteiger partial charge in [0.2, 0.25) is 0 Å². The third kappa shape index (κ3) is 6.99. The van der Waals surface area contributed by atoms with Crippen LogP contribution in [0.25, 0.3) is 11.0 Å². The number of nitrogens with one attached hydrogen (secondary N) is 1. The molecule has 2 N–H and O–H groups in total. The van der Waals surface area contributed by atoms with Crippen molar-refractivity contribution >= 4 is 22.8 Å². The fourth-order valence-electron chi connectivity index (χ4n) is 8.78. The standard InChI is InChI=1S/C38H53N5O6/c1-6-25(37(44)45)14-24-15-28(16-24)42(20-23-8-7-9-23)21-27-17-31(34-33(27)48-38(2,3)49-34)43-13-12-30-35(40-22-41-36(30)43)39-19-26-10-11-29(46-4)18-32(26)47-5/h10-13,18,22-25,27-28,31,33-34H,6-9,14-17,19-21H2,1-5H3,(H,44,45)(H,39,40,41)/t24?,25?,27-,28?,31-,33-,34+/m1/s1. The van der Waals surface area contributed by atoms with Gasteiger partial charge in [-0.2, -0.15) is 0 Å². The van der Waals surface area contributed by atoms with Crippen LogP contribution in [0.5, 0.6) is 11.5 Å². The highest BCUT2D eigenvalue weighted by molar-refractivity contribution is 5.87. The number of aromatic nitrogens is 3. The Balaban J connectivity index is 1.08. The lowest BCUT2D eigenvalue weighted by Crippen LogP contribution is -2.50. The maximum Gasteiger partial charge on any atom is 0.306 e. The number of hydrogen-bond donors (Lipinski definition) is 2. The molecule has 4 fully saturated rings. The van der Waals surface area contributed by atoms with E-state index in [1.165, 1.54) is 19.3 Å². The van der Waals surface area contributed by atoms with Crippen LogP contribution < -0.4 is 14.8 Å². The highest BCUT2D eigenvalue weighted by Crippen LogP contribution is 2.49. The second-order valence-corrected chi connectivity index (χ2v) is 15.3. The van der Waals surface area contributed by atoms with Gasteiger partial charge in [-0.15, -0.1) is 0 Å². The Morgan fingerprint density at radius 2 is 1.88 bits per heavy atom. The quantitative estimate of drug-likeness (QED) is 0.184. The van der Waals surface area contributed by atoms with Gasteiger partial charge in [-0.1, -0.05) is 13.3 Å². The molecule has 3 aromatic rings. The van der Waals surface area contributed by atoms with E-state index in [1.807, 2.05) is 39.0 Å². The van der Waals surface area contributed by atoms with Crippen molar-refractivity contribution in [2.24, 2.45) is 23.7 Å².